The van der Waals surface area contributed by atoms with Crippen molar-refractivity contribution < 1.29 is 5.11 Å². The first-order valence-corrected chi connectivity index (χ1v) is 9.02. The topological polar surface area (TPSA) is 49.2 Å². The van der Waals surface area contributed by atoms with Gasteiger partial charge in [-0.3, -0.25) is 0 Å². The number of phenols is 1. The summed E-state index contributed by atoms with van der Waals surface area (Å²) in [6, 6.07) is 18.2. The molecular weight excluding hydrogens is 322 g/mol. The normalized spacial score (nSPS) is 17.5. The van der Waals surface area contributed by atoms with Crippen molar-refractivity contribution in [1.29, 1.82) is 0 Å². The van der Waals surface area contributed by atoms with Gasteiger partial charge in [0, 0.05) is 23.6 Å². The van der Waals surface area contributed by atoms with Crippen LogP contribution in [-0.4, -0.2) is 33.8 Å². The summed E-state index contributed by atoms with van der Waals surface area (Å²) in [6.07, 6.45) is 0.991. The highest BCUT2D eigenvalue weighted by Gasteiger charge is 2.24. The Morgan fingerprint density at radius 2 is 1.85 bits per heavy atom. The van der Waals surface area contributed by atoms with Gasteiger partial charge in [-0.15, -0.1) is 0 Å². The Morgan fingerprint density at radius 3 is 2.62 bits per heavy atom. The van der Waals surface area contributed by atoms with Gasteiger partial charge < -0.3 is 10.0 Å². The number of aryl methyl sites for hydroxylation is 1. The molecule has 0 fully saturated rings. The predicted molar refractivity (Wildman–Crippen MR) is 103 cm³/mol. The Hall–Kier alpha value is -2.72. The molecule has 2 aromatic carbocycles. The largest absolute Gasteiger partial charge is 0.508 e. The van der Waals surface area contributed by atoms with E-state index < -0.39 is 0 Å². The Morgan fingerprint density at radius 1 is 1.00 bits per heavy atom. The van der Waals surface area contributed by atoms with E-state index in [-0.39, 0.29) is 5.92 Å². The zero-order valence-electron chi connectivity index (χ0n) is 15.2. The maximum atomic E-state index is 10.4. The number of fused-ring (bicyclic) bond motifs is 1. The van der Waals surface area contributed by atoms with E-state index in [0.29, 0.717) is 5.75 Å². The molecule has 1 aromatic heterocycles. The molecule has 26 heavy (non-hydrogen) atoms. The average molecular weight is 345 g/mol. The van der Waals surface area contributed by atoms with Crippen molar-refractivity contribution in [1.82, 2.24) is 15.1 Å². The summed E-state index contributed by atoms with van der Waals surface area (Å²) in [5.41, 5.74) is 6.49. The number of hydrogen-bond donors (Lipinski definition) is 1. The molecule has 0 radical (unpaired) electrons. The summed E-state index contributed by atoms with van der Waals surface area (Å²) in [5.74, 6) is 0.579. The molecular formula is C22H23N3O. The standard InChI is InChI=1S/C22H23N3O/c1-15-7-10-21(24-23-15)16-8-9-18-17(13-16)14-25(2)12-11-19(18)20-5-3-4-6-22(20)26/h3-10,13,19,26H,11-12,14H2,1-2H3. The number of nitrogens with zero attached hydrogens (tertiary/aromatic N) is 3. The number of benzene rings is 2. The second-order valence-electron chi connectivity index (χ2n) is 7.11. The van der Waals surface area contributed by atoms with Crippen LogP contribution in [0.1, 0.15) is 34.7 Å². The van der Waals surface area contributed by atoms with Crippen LogP contribution in [0.2, 0.25) is 0 Å². The third kappa shape index (κ3) is 3.20. The summed E-state index contributed by atoms with van der Waals surface area (Å²) in [5, 5.41) is 18.9. The van der Waals surface area contributed by atoms with Crippen LogP contribution in [0.25, 0.3) is 11.3 Å². The smallest absolute Gasteiger partial charge is 0.119 e. The lowest BCUT2D eigenvalue weighted by molar-refractivity contribution is 0.327. The molecule has 4 heteroatoms. The molecule has 4 rings (SSSR count). The van der Waals surface area contributed by atoms with Gasteiger partial charge in [0.05, 0.1) is 11.4 Å². The number of phenolic OH excluding ortho intramolecular Hbond substituents is 1. The van der Waals surface area contributed by atoms with Crippen molar-refractivity contribution in [3.63, 3.8) is 0 Å². The highest BCUT2D eigenvalue weighted by molar-refractivity contribution is 5.61. The van der Waals surface area contributed by atoms with Gasteiger partial charge in [0.15, 0.2) is 0 Å². The van der Waals surface area contributed by atoms with Crippen LogP contribution in [0, 0.1) is 6.92 Å². The predicted octanol–water partition coefficient (Wildman–Crippen LogP) is 4.13. The van der Waals surface area contributed by atoms with Gasteiger partial charge >= 0.3 is 0 Å². The molecule has 1 N–H and O–H groups in total. The lowest BCUT2D eigenvalue weighted by Gasteiger charge is -2.19. The summed E-state index contributed by atoms with van der Waals surface area (Å²) in [4.78, 5) is 2.34. The van der Waals surface area contributed by atoms with E-state index in [4.69, 9.17) is 0 Å². The van der Waals surface area contributed by atoms with E-state index in [2.05, 4.69) is 40.3 Å². The Kier molecular flexibility index (Phi) is 4.43. The monoisotopic (exact) mass is 345 g/mol. The highest BCUT2D eigenvalue weighted by atomic mass is 16.3. The van der Waals surface area contributed by atoms with Crippen molar-refractivity contribution >= 4 is 0 Å². The second-order valence-corrected chi connectivity index (χ2v) is 7.11. The molecule has 1 unspecified atom stereocenters. The van der Waals surface area contributed by atoms with E-state index >= 15 is 0 Å². The fourth-order valence-corrected chi connectivity index (χ4v) is 3.77. The van der Waals surface area contributed by atoms with Gasteiger partial charge in [-0.25, -0.2) is 0 Å². The van der Waals surface area contributed by atoms with E-state index in [1.165, 1.54) is 11.1 Å². The molecule has 0 spiro atoms. The van der Waals surface area contributed by atoms with Gasteiger partial charge in [-0.05, 0) is 62.3 Å². The van der Waals surface area contributed by atoms with Crippen LogP contribution < -0.4 is 0 Å². The summed E-state index contributed by atoms with van der Waals surface area (Å²) >= 11 is 0. The molecule has 3 aromatic rings. The average Bonchev–Trinajstić information content (AvgIpc) is 2.80. The number of hydrogen-bond acceptors (Lipinski definition) is 4. The van der Waals surface area contributed by atoms with E-state index in [0.717, 1.165) is 42.0 Å². The molecule has 2 heterocycles. The highest BCUT2D eigenvalue weighted by Crippen LogP contribution is 2.38. The van der Waals surface area contributed by atoms with Crippen molar-refractivity contribution in [2.24, 2.45) is 0 Å². The minimum atomic E-state index is 0.203. The molecule has 0 aliphatic carbocycles. The Balaban J connectivity index is 1.79. The van der Waals surface area contributed by atoms with Crippen molar-refractivity contribution in [2.45, 2.75) is 25.8 Å². The summed E-state index contributed by atoms with van der Waals surface area (Å²) in [7, 11) is 2.15. The third-order valence-electron chi connectivity index (χ3n) is 5.16. The van der Waals surface area contributed by atoms with Crippen LogP contribution in [0.3, 0.4) is 0 Å². The summed E-state index contributed by atoms with van der Waals surface area (Å²) in [6.45, 7) is 3.83. The fourth-order valence-electron chi connectivity index (χ4n) is 3.77. The molecule has 0 bridgehead atoms. The van der Waals surface area contributed by atoms with E-state index in [1.54, 1.807) is 6.07 Å². The molecule has 1 atom stereocenters. The van der Waals surface area contributed by atoms with Crippen LogP contribution in [0.4, 0.5) is 0 Å². The lowest BCUT2D eigenvalue weighted by atomic mass is 9.85. The lowest BCUT2D eigenvalue weighted by Crippen LogP contribution is -2.17. The van der Waals surface area contributed by atoms with Gasteiger partial charge in [0.25, 0.3) is 0 Å². The van der Waals surface area contributed by atoms with Crippen LogP contribution in [0.5, 0.6) is 5.75 Å². The second kappa shape index (κ2) is 6.89. The minimum Gasteiger partial charge on any atom is -0.508 e. The van der Waals surface area contributed by atoms with Crippen LogP contribution >= 0.6 is 0 Å². The van der Waals surface area contributed by atoms with E-state index in [9.17, 15) is 5.11 Å². The zero-order valence-corrected chi connectivity index (χ0v) is 15.2. The van der Waals surface area contributed by atoms with Crippen LogP contribution in [-0.2, 0) is 6.54 Å². The number of aromatic nitrogens is 2. The number of rotatable bonds is 2. The minimum absolute atomic E-state index is 0.203. The molecule has 1 aliphatic heterocycles. The first-order valence-electron chi connectivity index (χ1n) is 9.02. The zero-order chi connectivity index (χ0) is 18.1. The number of para-hydroxylation sites is 1. The molecule has 4 nitrogen and oxygen atoms in total. The number of aromatic hydroxyl groups is 1. The van der Waals surface area contributed by atoms with Gasteiger partial charge in [-0.1, -0.05) is 30.3 Å². The molecule has 0 saturated heterocycles. The maximum absolute atomic E-state index is 10.4. The molecule has 132 valence electrons. The van der Waals surface area contributed by atoms with Crippen molar-refractivity contribution in [3.05, 3.63) is 77.0 Å². The van der Waals surface area contributed by atoms with Crippen molar-refractivity contribution in [2.75, 3.05) is 13.6 Å². The molecule has 0 amide bonds. The van der Waals surface area contributed by atoms with E-state index in [1.807, 2.05) is 37.3 Å². The van der Waals surface area contributed by atoms with Crippen LogP contribution in [0.15, 0.2) is 54.6 Å². The third-order valence-corrected chi connectivity index (χ3v) is 5.16. The Labute approximate surface area is 154 Å². The van der Waals surface area contributed by atoms with Gasteiger partial charge in [0.2, 0.25) is 0 Å². The first-order chi connectivity index (χ1) is 12.6. The molecule has 1 aliphatic rings. The molecule has 0 saturated carbocycles. The SMILES string of the molecule is Cc1ccc(-c2ccc3c(c2)CN(C)CCC3c2ccccc2O)nn1. The first kappa shape index (κ1) is 16.7. The van der Waals surface area contributed by atoms with Gasteiger partial charge in [-0.2, -0.15) is 10.2 Å². The quantitative estimate of drug-likeness (QED) is 0.759. The van der Waals surface area contributed by atoms with Gasteiger partial charge in [0.1, 0.15) is 5.75 Å². The van der Waals surface area contributed by atoms with Crippen molar-refractivity contribution in [3.8, 4) is 17.0 Å². The fraction of sp³-hybridized carbons (Fsp3) is 0.273. The Bertz CT molecular complexity index is 921. The summed E-state index contributed by atoms with van der Waals surface area (Å²) < 4.78 is 0. The maximum Gasteiger partial charge on any atom is 0.119 e.